The summed E-state index contributed by atoms with van der Waals surface area (Å²) in [6, 6.07) is 9.07. The maximum absolute atomic E-state index is 12.1. The standard InChI is InChI=1S/C16H15NO3S/c18-15-6-4-11-10-12(16(19)20)3-5-14(11)17(15)8-7-13-2-1-9-21-13/h1-3,5,9-10H,4,6-8H2,(H,19,20). The summed E-state index contributed by atoms with van der Waals surface area (Å²) in [6.07, 6.45) is 1.88. The number of aromatic carboxylic acids is 1. The van der Waals surface area contributed by atoms with Gasteiger partial charge in [-0.2, -0.15) is 0 Å². The largest absolute Gasteiger partial charge is 0.478 e. The summed E-state index contributed by atoms with van der Waals surface area (Å²) in [7, 11) is 0. The smallest absolute Gasteiger partial charge is 0.335 e. The topological polar surface area (TPSA) is 57.6 Å². The maximum Gasteiger partial charge on any atom is 0.335 e. The number of aryl methyl sites for hydroxylation is 1. The number of amides is 1. The molecule has 21 heavy (non-hydrogen) atoms. The van der Waals surface area contributed by atoms with Gasteiger partial charge in [0.15, 0.2) is 0 Å². The van der Waals surface area contributed by atoms with E-state index in [0.29, 0.717) is 19.4 Å². The van der Waals surface area contributed by atoms with Crippen molar-refractivity contribution >= 4 is 28.9 Å². The fraction of sp³-hybridized carbons (Fsp3) is 0.250. The van der Waals surface area contributed by atoms with Gasteiger partial charge in [-0.15, -0.1) is 11.3 Å². The first-order valence-corrected chi connectivity index (χ1v) is 7.72. The van der Waals surface area contributed by atoms with Gasteiger partial charge in [0.2, 0.25) is 5.91 Å². The van der Waals surface area contributed by atoms with E-state index in [1.165, 1.54) is 4.88 Å². The minimum Gasteiger partial charge on any atom is -0.478 e. The number of benzene rings is 1. The van der Waals surface area contributed by atoms with E-state index in [1.54, 1.807) is 34.4 Å². The molecule has 0 saturated carbocycles. The van der Waals surface area contributed by atoms with E-state index in [4.69, 9.17) is 5.11 Å². The van der Waals surface area contributed by atoms with Gasteiger partial charge >= 0.3 is 5.97 Å². The van der Waals surface area contributed by atoms with Crippen molar-refractivity contribution < 1.29 is 14.7 Å². The lowest BCUT2D eigenvalue weighted by Crippen LogP contribution is -2.36. The number of fused-ring (bicyclic) bond motifs is 1. The average molecular weight is 301 g/mol. The Hall–Kier alpha value is -2.14. The summed E-state index contributed by atoms with van der Waals surface area (Å²) in [6.45, 7) is 0.638. The highest BCUT2D eigenvalue weighted by Crippen LogP contribution is 2.29. The van der Waals surface area contributed by atoms with Gasteiger partial charge in [-0.1, -0.05) is 6.07 Å². The van der Waals surface area contributed by atoms with Crippen molar-refractivity contribution in [3.05, 3.63) is 51.7 Å². The molecule has 1 aromatic heterocycles. The first-order valence-electron chi connectivity index (χ1n) is 6.84. The van der Waals surface area contributed by atoms with Crippen LogP contribution in [0.3, 0.4) is 0 Å². The van der Waals surface area contributed by atoms with Crippen LogP contribution in [0.4, 0.5) is 5.69 Å². The molecule has 0 unspecified atom stereocenters. The number of carbonyl (C=O) groups excluding carboxylic acids is 1. The maximum atomic E-state index is 12.1. The molecule has 1 N–H and O–H groups in total. The lowest BCUT2D eigenvalue weighted by molar-refractivity contribution is -0.118. The molecular formula is C16H15NO3S. The zero-order chi connectivity index (χ0) is 14.8. The molecule has 0 atom stereocenters. The number of hydrogen-bond donors (Lipinski definition) is 1. The first-order chi connectivity index (χ1) is 10.1. The van der Waals surface area contributed by atoms with Crippen molar-refractivity contribution in [2.24, 2.45) is 0 Å². The van der Waals surface area contributed by atoms with Crippen molar-refractivity contribution in [2.45, 2.75) is 19.3 Å². The Kier molecular flexibility index (Phi) is 3.75. The fourth-order valence-electron chi connectivity index (χ4n) is 2.61. The van der Waals surface area contributed by atoms with Gasteiger partial charge in [0.05, 0.1) is 5.56 Å². The Morgan fingerprint density at radius 3 is 2.86 bits per heavy atom. The van der Waals surface area contributed by atoms with E-state index in [1.807, 2.05) is 11.4 Å². The zero-order valence-corrected chi connectivity index (χ0v) is 12.2. The lowest BCUT2D eigenvalue weighted by Gasteiger charge is -2.29. The summed E-state index contributed by atoms with van der Waals surface area (Å²) in [5, 5.41) is 11.1. The van der Waals surface area contributed by atoms with Crippen LogP contribution in [-0.2, 0) is 17.6 Å². The quantitative estimate of drug-likeness (QED) is 0.944. The Morgan fingerprint density at radius 1 is 1.29 bits per heavy atom. The van der Waals surface area contributed by atoms with Crippen molar-refractivity contribution in [3.8, 4) is 0 Å². The van der Waals surface area contributed by atoms with E-state index in [0.717, 1.165) is 17.7 Å². The third kappa shape index (κ3) is 2.83. The summed E-state index contributed by atoms with van der Waals surface area (Å²) in [5.74, 6) is -0.818. The van der Waals surface area contributed by atoms with Gasteiger partial charge in [-0.05, 0) is 48.1 Å². The Bertz CT molecular complexity index is 679. The molecule has 0 saturated heterocycles. The number of thiophene rings is 1. The highest BCUT2D eigenvalue weighted by atomic mass is 32.1. The number of carboxylic acids is 1. The minimum absolute atomic E-state index is 0.113. The Balaban J connectivity index is 1.84. The molecule has 0 bridgehead atoms. The molecule has 1 amide bonds. The fourth-order valence-corrected chi connectivity index (χ4v) is 3.31. The molecule has 4 nitrogen and oxygen atoms in total. The molecule has 3 rings (SSSR count). The number of anilines is 1. The average Bonchev–Trinajstić information content (AvgIpc) is 2.99. The second kappa shape index (κ2) is 5.69. The van der Waals surface area contributed by atoms with Crippen LogP contribution in [0, 0.1) is 0 Å². The van der Waals surface area contributed by atoms with Gasteiger partial charge in [0.1, 0.15) is 0 Å². The number of hydrogen-bond acceptors (Lipinski definition) is 3. The van der Waals surface area contributed by atoms with Crippen LogP contribution in [0.5, 0.6) is 0 Å². The first kappa shape index (κ1) is 13.8. The number of carbonyl (C=O) groups is 2. The summed E-state index contributed by atoms with van der Waals surface area (Å²) >= 11 is 1.68. The molecular weight excluding hydrogens is 286 g/mol. The summed E-state index contributed by atoms with van der Waals surface area (Å²) in [4.78, 5) is 26.2. The lowest BCUT2D eigenvalue weighted by atomic mass is 9.98. The molecule has 0 radical (unpaired) electrons. The molecule has 2 aromatic rings. The Labute approximate surface area is 126 Å². The molecule has 108 valence electrons. The van der Waals surface area contributed by atoms with Crippen molar-refractivity contribution in [3.63, 3.8) is 0 Å². The van der Waals surface area contributed by atoms with Crippen molar-refractivity contribution in [2.75, 3.05) is 11.4 Å². The molecule has 0 aliphatic carbocycles. The van der Waals surface area contributed by atoms with Gasteiger partial charge in [-0.25, -0.2) is 4.79 Å². The second-order valence-corrected chi connectivity index (χ2v) is 6.06. The van der Waals surface area contributed by atoms with E-state index < -0.39 is 5.97 Å². The van der Waals surface area contributed by atoms with Gasteiger partial charge in [0, 0.05) is 23.5 Å². The van der Waals surface area contributed by atoms with Crippen LogP contribution in [0.2, 0.25) is 0 Å². The predicted octanol–water partition coefficient (Wildman–Crippen LogP) is 2.97. The minimum atomic E-state index is -0.931. The number of carboxylic acid groups (broad SMARTS) is 1. The predicted molar refractivity (Wildman–Crippen MR) is 82.1 cm³/mol. The van der Waals surface area contributed by atoms with Crippen LogP contribution < -0.4 is 4.90 Å². The van der Waals surface area contributed by atoms with Gasteiger partial charge in [-0.3, -0.25) is 4.79 Å². The molecule has 1 aliphatic heterocycles. The van der Waals surface area contributed by atoms with Crippen LogP contribution in [0.15, 0.2) is 35.7 Å². The summed E-state index contributed by atoms with van der Waals surface area (Å²) < 4.78 is 0. The van der Waals surface area contributed by atoms with Crippen molar-refractivity contribution in [1.82, 2.24) is 0 Å². The van der Waals surface area contributed by atoms with Gasteiger partial charge < -0.3 is 10.0 Å². The van der Waals surface area contributed by atoms with Crippen LogP contribution in [0.25, 0.3) is 0 Å². The number of nitrogens with zero attached hydrogens (tertiary/aromatic N) is 1. The SMILES string of the molecule is O=C(O)c1ccc2c(c1)CCC(=O)N2CCc1cccs1. The zero-order valence-electron chi connectivity index (χ0n) is 11.4. The van der Waals surface area contributed by atoms with E-state index in [2.05, 4.69) is 6.07 Å². The molecule has 2 heterocycles. The summed E-state index contributed by atoms with van der Waals surface area (Å²) in [5.41, 5.74) is 2.08. The van der Waals surface area contributed by atoms with E-state index >= 15 is 0 Å². The van der Waals surface area contributed by atoms with Crippen LogP contribution >= 0.6 is 11.3 Å². The third-order valence-corrected chi connectivity index (χ3v) is 4.62. The third-order valence-electron chi connectivity index (χ3n) is 3.69. The number of rotatable bonds is 4. The highest BCUT2D eigenvalue weighted by molar-refractivity contribution is 7.09. The normalized spacial score (nSPS) is 14.1. The molecule has 0 spiro atoms. The van der Waals surface area contributed by atoms with Crippen LogP contribution in [-0.4, -0.2) is 23.5 Å². The molecule has 1 aliphatic rings. The molecule has 5 heteroatoms. The van der Waals surface area contributed by atoms with Crippen molar-refractivity contribution in [1.29, 1.82) is 0 Å². The van der Waals surface area contributed by atoms with Gasteiger partial charge in [0.25, 0.3) is 0 Å². The molecule has 0 fully saturated rings. The Morgan fingerprint density at radius 2 is 2.14 bits per heavy atom. The second-order valence-electron chi connectivity index (χ2n) is 5.02. The molecule has 1 aromatic carbocycles. The highest BCUT2D eigenvalue weighted by Gasteiger charge is 2.24. The van der Waals surface area contributed by atoms with E-state index in [-0.39, 0.29) is 11.5 Å². The van der Waals surface area contributed by atoms with Crippen LogP contribution in [0.1, 0.15) is 27.2 Å². The van der Waals surface area contributed by atoms with E-state index in [9.17, 15) is 9.59 Å². The monoisotopic (exact) mass is 301 g/mol.